The molecular formula is C28H29F2O7S2+. The number of carbonyl (C=O) groups is 2. The maximum Gasteiger partial charge on any atom is 0.402 e. The normalized spacial score (nSPS) is 17.5. The third-order valence-electron chi connectivity index (χ3n) is 6.08. The van der Waals surface area contributed by atoms with Gasteiger partial charge >= 0.3 is 27.3 Å². The van der Waals surface area contributed by atoms with E-state index in [0.29, 0.717) is 12.8 Å². The molecule has 0 amide bonds. The third-order valence-corrected chi connectivity index (χ3v) is 9.19. The van der Waals surface area contributed by atoms with Crippen LogP contribution in [-0.2, 0) is 35.3 Å². The molecule has 3 aromatic rings. The molecule has 0 aliphatic heterocycles. The Balaban J connectivity index is 0.000000216. The standard InChI is InChI=1S/C18H15S.C10H14F2O7S/c1-4-10-16(11-5-1)19(17-12-6-2-7-13-17)18-14-8-3-9-15-18;11-10(12,20(16,17)18)5-19-9(15)7-4-2-1-3-6(7)8(13)14/h1-15H;6-7H,1-5H2,(H,13,14)(H,16,17,18)/q+1;. The maximum absolute atomic E-state index is 12.9. The molecule has 1 aliphatic carbocycles. The van der Waals surface area contributed by atoms with E-state index in [1.807, 2.05) is 0 Å². The molecule has 1 saturated carbocycles. The lowest BCUT2D eigenvalue weighted by Gasteiger charge is -2.27. The summed E-state index contributed by atoms with van der Waals surface area (Å²) in [4.78, 5) is 26.6. The lowest BCUT2D eigenvalue weighted by Crippen LogP contribution is -2.38. The summed E-state index contributed by atoms with van der Waals surface area (Å²) in [5.41, 5.74) is 0. The fraction of sp³-hybridized carbons (Fsp3) is 0.286. The van der Waals surface area contributed by atoms with Crippen LogP contribution in [0.15, 0.2) is 106 Å². The highest BCUT2D eigenvalue weighted by atomic mass is 32.2. The van der Waals surface area contributed by atoms with Crippen molar-refractivity contribution in [2.45, 2.75) is 45.6 Å². The van der Waals surface area contributed by atoms with E-state index in [0.717, 1.165) is 0 Å². The highest BCUT2D eigenvalue weighted by molar-refractivity contribution is 7.97. The number of aliphatic carboxylic acids is 1. The van der Waals surface area contributed by atoms with Gasteiger partial charge in [0.25, 0.3) is 0 Å². The molecule has 0 heterocycles. The van der Waals surface area contributed by atoms with Crippen LogP contribution in [0.5, 0.6) is 0 Å². The second-order valence-electron chi connectivity index (χ2n) is 8.80. The van der Waals surface area contributed by atoms with Gasteiger partial charge < -0.3 is 9.84 Å². The van der Waals surface area contributed by atoms with Gasteiger partial charge in [0.1, 0.15) is 0 Å². The zero-order chi connectivity index (χ0) is 28.5. The van der Waals surface area contributed by atoms with E-state index >= 15 is 0 Å². The zero-order valence-corrected chi connectivity index (χ0v) is 22.5. The van der Waals surface area contributed by atoms with Gasteiger partial charge in [-0.05, 0) is 49.2 Å². The first kappa shape index (κ1) is 30.3. The summed E-state index contributed by atoms with van der Waals surface area (Å²) in [6.07, 6.45) is 1.55. The molecule has 2 atom stereocenters. The number of carboxylic acids is 1. The summed E-state index contributed by atoms with van der Waals surface area (Å²) in [6.45, 7) is -1.84. The molecule has 1 fully saturated rings. The SMILES string of the molecule is O=C(O)C1CCCCC1C(=O)OCC(F)(F)S(=O)(=O)O.c1ccc([S+](c2ccccc2)c2ccccc2)cc1. The van der Waals surface area contributed by atoms with E-state index in [9.17, 15) is 26.8 Å². The minimum Gasteiger partial charge on any atom is -0.481 e. The van der Waals surface area contributed by atoms with Crippen LogP contribution >= 0.6 is 0 Å². The van der Waals surface area contributed by atoms with Crippen LogP contribution in [0.2, 0.25) is 0 Å². The van der Waals surface area contributed by atoms with Gasteiger partial charge in [0, 0.05) is 0 Å². The molecule has 0 saturated heterocycles. The first-order chi connectivity index (χ1) is 18.5. The molecule has 3 aromatic carbocycles. The van der Waals surface area contributed by atoms with E-state index in [1.165, 1.54) is 14.7 Å². The lowest BCUT2D eigenvalue weighted by molar-refractivity contribution is -0.163. The molecule has 11 heteroatoms. The largest absolute Gasteiger partial charge is 0.481 e. The number of esters is 1. The Hall–Kier alpha value is -3.28. The van der Waals surface area contributed by atoms with Crippen molar-refractivity contribution < 1.29 is 41.2 Å². The highest BCUT2D eigenvalue weighted by Gasteiger charge is 2.47. The Morgan fingerprint density at radius 3 is 1.54 bits per heavy atom. The number of alkyl halides is 2. The Morgan fingerprint density at radius 1 is 0.795 bits per heavy atom. The van der Waals surface area contributed by atoms with Gasteiger partial charge in [0.15, 0.2) is 21.3 Å². The molecule has 39 heavy (non-hydrogen) atoms. The summed E-state index contributed by atoms with van der Waals surface area (Å²) in [5, 5.41) is 4.31. The average Bonchev–Trinajstić information content (AvgIpc) is 2.93. The molecule has 2 N–H and O–H groups in total. The van der Waals surface area contributed by atoms with E-state index in [4.69, 9.17) is 9.66 Å². The summed E-state index contributed by atoms with van der Waals surface area (Å²) >= 11 is 0. The van der Waals surface area contributed by atoms with Crippen molar-refractivity contribution in [2.75, 3.05) is 6.61 Å². The van der Waals surface area contributed by atoms with Crippen molar-refractivity contribution in [3.05, 3.63) is 91.0 Å². The van der Waals surface area contributed by atoms with Gasteiger partial charge in [-0.2, -0.15) is 17.2 Å². The van der Waals surface area contributed by atoms with Gasteiger partial charge in [-0.25, -0.2) is 0 Å². The third kappa shape index (κ3) is 8.35. The topological polar surface area (TPSA) is 118 Å². The summed E-state index contributed by atoms with van der Waals surface area (Å²) in [6, 6.07) is 32.2. The van der Waals surface area contributed by atoms with Crippen LogP contribution in [0.25, 0.3) is 0 Å². The molecular weight excluding hydrogens is 550 g/mol. The van der Waals surface area contributed by atoms with Crippen LogP contribution in [0.3, 0.4) is 0 Å². The molecule has 0 spiro atoms. The Morgan fingerprint density at radius 2 is 1.18 bits per heavy atom. The van der Waals surface area contributed by atoms with Gasteiger partial charge in [-0.15, -0.1) is 0 Å². The molecule has 4 rings (SSSR count). The van der Waals surface area contributed by atoms with Crippen LogP contribution < -0.4 is 0 Å². The fourth-order valence-corrected chi connectivity index (χ4v) is 6.44. The molecule has 0 radical (unpaired) electrons. The second-order valence-corrected chi connectivity index (χ2v) is 12.4. The minimum absolute atomic E-state index is 0.0146. The van der Waals surface area contributed by atoms with Crippen LogP contribution in [0, 0.1) is 11.8 Å². The predicted octanol–water partition coefficient (Wildman–Crippen LogP) is 5.68. The minimum atomic E-state index is -5.69. The van der Waals surface area contributed by atoms with E-state index in [2.05, 4.69) is 95.7 Å². The molecule has 2 unspecified atom stereocenters. The number of carbonyl (C=O) groups excluding carboxylic acids is 1. The summed E-state index contributed by atoms with van der Waals surface area (Å²) < 4.78 is 58.8. The lowest BCUT2D eigenvalue weighted by atomic mass is 9.79. The Bertz CT molecular complexity index is 1230. The van der Waals surface area contributed by atoms with Crippen molar-refractivity contribution in [1.29, 1.82) is 0 Å². The number of rotatable bonds is 8. The Kier molecular flexibility index (Phi) is 10.6. The molecule has 0 bridgehead atoms. The number of hydrogen-bond donors (Lipinski definition) is 2. The highest BCUT2D eigenvalue weighted by Crippen LogP contribution is 2.32. The van der Waals surface area contributed by atoms with Crippen LogP contribution in [-0.4, -0.2) is 41.9 Å². The number of halogens is 2. The van der Waals surface area contributed by atoms with Gasteiger partial charge in [-0.3, -0.25) is 14.1 Å². The van der Waals surface area contributed by atoms with E-state index in [-0.39, 0.29) is 23.7 Å². The smallest absolute Gasteiger partial charge is 0.402 e. The van der Waals surface area contributed by atoms with Crippen molar-refractivity contribution in [3.8, 4) is 0 Å². The predicted molar refractivity (Wildman–Crippen MR) is 142 cm³/mol. The molecule has 0 aromatic heterocycles. The Labute approximate surface area is 228 Å². The van der Waals surface area contributed by atoms with Crippen LogP contribution in [0.1, 0.15) is 25.7 Å². The fourth-order valence-electron chi connectivity index (χ4n) is 4.12. The van der Waals surface area contributed by atoms with E-state index < -0.39 is 45.8 Å². The molecule has 7 nitrogen and oxygen atoms in total. The first-order valence-corrected chi connectivity index (χ1v) is 14.8. The first-order valence-electron chi connectivity index (χ1n) is 12.1. The average molecular weight is 580 g/mol. The van der Waals surface area contributed by atoms with Gasteiger partial charge in [-0.1, -0.05) is 67.4 Å². The van der Waals surface area contributed by atoms with Crippen molar-refractivity contribution in [1.82, 2.24) is 0 Å². The second kappa shape index (κ2) is 13.7. The quantitative estimate of drug-likeness (QED) is 0.200. The zero-order valence-electron chi connectivity index (χ0n) is 20.9. The van der Waals surface area contributed by atoms with E-state index in [1.54, 1.807) is 0 Å². The monoisotopic (exact) mass is 579 g/mol. The van der Waals surface area contributed by atoms with Gasteiger partial charge in [0.05, 0.1) is 22.7 Å². The van der Waals surface area contributed by atoms with Gasteiger partial charge in [0.2, 0.25) is 0 Å². The maximum atomic E-state index is 12.9. The van der Waals surface area contributed by atoms with Crippen molar-refractivity contribution in [2.24, 2.45) is 11.8 Å². The van der Waals surface area contributed by atoms with Crippen molar-refractivity contribution >= 4 is 33.0 Å². The molecule has 1 aliphatic rings. The number of hydrogen-bond acceptors (Lipinski definition) is 5. The van der Waals surface area contributed by atoms with Crippen LogP contribution in [0.4, 0.5) is 8.78 Å². The number of benzene rings is 3. The summed E-state index contributed by atoms with van der Waals surface area (Å²) in [7, 11) is -5.70. The number of ether oxygens (including phenoxy) is 1. The summed E-state index contributed by atoms with van der Waals surface area (Å²) in [5.74, 6) is -4.54. The van der Waals surface area contributed by atoms with Crippen molar-refractivity contribution in [3.63, 3.8) is 0 Å². The number of carboxylic acid groups (broad SMARTS) is 1. The molecule has 208 valence electrons.